The van der Waals surface area contributed by atoms with Crippen molar-refractivity contribution < 1.29 is 23.0 Å². The van der Waals surface area contributed by atoms with Gasteiger partial charge in [-0.25, -0.2) is 9.18 Å². The number of carbonyl (C=O) groups is 1. The lowest BCUT2D eigenvalue weighted by molar-refractivity contribution is 0.0728. The van der Waals surface area contributed by atoms with Gasteiger partial charge < -0.3 is 9.47 Å². The number of hydrogen-bond donors (Lipinski definition) is 0. The standard InChI is InChI=1S/C35H48F2O3/c1-3-5-7-8-12-26-39-32-25-24-31(33(36)34(32)37)35(38)40-30-22-20-29(21-23-30)15-11-10-14-28-18-16-27(17-19-28)13-9-6-4-2/h10,14,20-25,27-28H,3-9,11-13,15-19,26H2,1-2H3/t27-,28-. The van der Waals surface area contributed by atoms with Crippen molar-refractivity contribution in [2.75, 3.05) is 6.61 Å². The topological polar surface area (TPSA) is 35.5 Å². The third-order valence-electron chi connectivity index (χ3n) is 8.02. The first kappa shape index (κ1) is 31.8. The second kappa shape index (κ2) is 17.9. The van der Waals surface area contributed by atoms with E-state index in [0.29, 0.717) is 18.3 Å². The van der Waals surface area contributed by atoms with E-state index in [1.54, 1.807) is 12.1 Å². The summed E-state index contributed by atoms with van der Waals surface area (Å²) in [5.74, 6) is -1.58. The van der Waals surface area contributed by atoms with Crippen molar-refractivity contribution in [1.29, 1.82) is 0 Å². The molecule has 0 bridgehead atoms. The van der Waals surface area contributed by atoms with Crippen LogP contribution in [-0.4, -0.2) is 12.6 Å². The Labute approximate surface area is 240 Å². The van der Waals surface area contributed by atoms with Crippen LogP contribution in [0.5, 0.6) is 11.5 Å². The van der Waals surface area contributed by atoms with E-state index >= 15 is 0 Å². The summed E-state index contributed by atoms with van der Waals surface area (Å²) in [6.07, 6.45) is 22.5. The normalized spacial score (nSPS) is 17.3. The average Bonchev–Trinajstić information content (AvgIpc) is 2.97. The highest BCUT2D eigenvalue weighted by Gasteiger charge is 2.21. The second-order valence-electron chi connectivity index (χ2n) is 11.3. The van der Waals surface area contributed by atoms with Gasteiger partial charge in [-0.15, -0.1) is 0 Å². The number of rotatable bonds is 17. The van der Waals surface area contributed by atoms with Gasteiger partial charge in [0.2, 0.25) is 5.82 Å². The van der Waals surface area contributed by atoms with Crippen LogP contribution in [0.1, 0.15) is 120 Å². The summed E-state index contributed by atoms with van der Waals surface area (Å²) in [6, 6.07) is 9.71. The highest BCUT2D eigenvalue weighted by Crippen LogP contribution is 2.33. The lowest BCUT2D eigenvalue weighted by atomic mass is 9.79. The molecule has 0 saturated heterocycles. The fourth-order valence-corrected chi connectivity index (χ4v) is 5.47. The molecule has 0 amide bonds. The maximum atomic E-state index is 14.6. The Hall–Kier alpha value is -2.69. The Morgan fingerprint density at radius 2 is 1.55 bits per heavy atom. The van der Waals surface area contributed by atoms with E-state index in [0.717, 1.165) is 56.4 Å². The summed E-state index contributed by atoms with van der Waals surface area (Å²) in [6.45, 7) is 4.72. The lowest BCUT2D eigenvalue weighted by Gasteiger charge is -2.26. The maximum absolute atomic E-state index is 14.6. The number of carbonyl (C=O) groups excluding carboxylic acids is 1. The first-order valence-corrected chi connectivity index (χ1v) is 15.6. The van der Waals surface area contributed by atoms with Gasteiger partial charge in [-0.3, -0.25) is 0 Å². The molecule has 0 spiro atoms. The molecule has 0 aliphatic heterocycles. The van der Waals surface area contributed by atoms with E-state index in [2.05, 4.69) is 26.0 Å². The SMILES string of the molecule is CCCCCCCOc1ccc(C(=O)Oc2ccc(CCC=C[C@H]3CC[C@H](CCCCC)CC3)cc2)c(F)c1F. The monoisotopic (exact) mass is 554 g/mol. The molecule has 0 radical (unpaired) electrons. The largest absolute Gasteiger partial charge is 0.490 e. The number of halogens is 2. The summed E-state index contributed by atoms with van der Waals surface area (Å²) < 4.78 is 39.8. The molecular weight excluding hydrogens is 506 g/mol. The molecule has 0 N–H and O–H groups in total. The fourth-order valence-electron chi connectivity index (χ4n) is 5.47. The van der Waals surface area contributed by atoms with Crippen molar-refractivity contribution >= 4 is 5.97 Å². The molecule has 3 nitrogen and oxygen atoms in total. The molecule has 1 aliphatic carbocycles. The Morgan fingerprint density at radius 3 is 2.27 bits per heavy atom. The lowest BCUT2D eigenvalue weighted by Crippen LogP contribution is -2.13. The van der Waals surface area contributed by atoms with Gasteiger partial charge in [0.1, 0.15) is 5.75 Å². The van der Waals surface area contributed by atoms with Crippen molar-refractivity contribution in [3.63, 3.8) is 0 Å². The zero-order chi connectivity index (χ0) is 28.6. The molecule has 3 rings (SSSR count). The minimum atomic E-state index is -1.25. The van der Waals surface area contributed by atoms with Gasteiger partial charge in [0.25, 0.3) is 0 Å². The summed E-state index contributed by atoms with van der Waals surface area (Å²) in [4.78, 5) is 12.5. The third-order valence-corrected chi connectivity index (χ3v) is 8.02. The van der Waals surface area contributed by atoms with Gasteiger partial charge in [0.05, 0.1) is 12.2 Å². The van der Waals surface area contributed by atoms with Crippen LogP contribution >= 0.6 is 0 Å². The van der Waals surface area contributed by atoms with Gasteiger partial charge in [0, 0.05) is 0 Å². The van der Waals surface area contributed by atoms with Crippen molar-refractivity contribution in [2.24, 2.45) is 11.8 Å². The zero-order valence-electron chi connectivity index (χ0n) is 24.6. The molecule has 1 aliphatic rings. The maximum Gasteiger partial charge on any atom is 0.346 e. The Bertz CT molecular complexity index is 1040. The van der Waals surface area contributed by atoms with Gasteiger partial charge >= 0.3 is 5.97 Å². The molecule has 220 valence electrons. The summed E-state index contributed by atoms with van der Waals surface area (Å²) in [5, 5.41) is 0. The molecule has 1 fully saturated rings. The van der Waals surface area contributed by atoms with Crippen molar-refractivity contribution in [1.82, 2.24) is 0 Å². The average molecular weight is 555 g/mol. The van der Waals surface area contributed by atoms with Crippen LogP contribution in [0.2, 0.25) is 0 Å². The molecule has 0 unspecified atom stereocenters. The van der Waals surface area contributed by atoms with Crippen LogP contribution < -0.4 is 9.47 Å². The molecule has 40 heavy (non-hydrogen) atoms. The molecule has 5 heteroatoms. The number of hydrogen-bond acceptors (Lipinski definition) is 3. The molecular formula is C35H48F2O3. The number of esters is 1. The number of unbranched alkanes of at least 4 members (excludes halogenated alkanes) is 6. The summed E-state index contributed by atoms with van der Waals surface area (Å²) >= 11 is 0. The third kappa shape index (κ3) is 10.7. The van der Waals surface area contributed by atoms with E-state index in [1.165, 1.54) is 63.5 Å². The van der Waals surface area contributed by atoms with Gasteiger partial charge in [-0.2, -0.15) is 4.39 Å². The van der Waals surface area contributed by atoms with E-state index in [4.69, 9.17) is 9.47 Å². The van der Waals surface area contributed by atoms with E-state index < -0.39 is 23.2 Å². The van der Waals surface area contributed by atoms with Crippen LogP contribution in [-0.2, 0) is 6.42 Å². The Morgan fingerprint density at radius 1 is 0.850 bits per heavy atom. The van der Waals surface area contributed by atoms with Crippen molar-refractivity contribution in [3.05, 3.63) is 71.3 Å². The molecule has 0 atom stereocenters. The molecule has 2 aromatic carbocycles. The number of benzene rings is 2. The van der Waals surface area contributed by atoms with Crippen LogP contribution in [0, 0.1) is 23.5 Å². The zero-order valence-corrected chi connectivity index (χ0v) is 24.6. The molecule has 2 aromatic rings. The Balaban J connectivity index is 1.39. The van der Waals surface area contributed by atoms with Crippen LogP contribution in [0.25, 0.3) is 0 Å². The fraction of sp³-hybridized carbons (Fsp3) is 0.571. The predicted octanol–water partition coefficient (Wildman–Crippen LogP) is 10.4. The van der Waals surface area contributed by atoms with Gasteiger partial charge in [-0.05, 0) is 86.6 Å². The highest BCUT2D eigenvalue weighted by molar-refractivity contribution is 5.91. The molecule has 0 aromatic heterocycles. The molecule has 1 saturated carbocycles. The summed E-state index contributed by atoms with van der Waals surface area (Å²) in [5.41, 5.74) is 0.689. The molecule has 0 heterocycles. The number of allylic oxidation sites excluding steroid dienone is 2. The smallest absolute Gasteiger partial charge is 0.346 e. The minimum absolute atomic E-state index is 0.182. The van der Waals surface area contributed by atoms with E-state index in [9.17, 15) is 13.6 Å². The first-order chi connectivity index (χ1) is 19.5. The summed E-state index contributed by atoms with van der Waals surface area (Å²) in [7, 11) is 0. The van der Waals surface area contributed by atoms with Gasteiger partial charge in [0.15, 0.2) is 11.6 Å². The first-order valence-electron chi connectivity index (χ1n) is 15.6. The van der Waals surface area contributed by atoms with Crippen LogP contribution in [0.3, 0.4) is 0 Å². The van der Waals surface area contributed by atoms with Crippen molar-refractivity contribution in [2.45, 2.75) is 110 Å². The van der Waals surface area contributed by atoms with Crippen LogP contribution in [0.4, 0.5) is 8.78 Å². The van der Waals surface area contributed by atoms with Crippen molar-refractivity contribution in [3.8, 4) is 11.5 Å². The van der Waals surface area contributed by atoms with Gasteiger partial charge in [-0.1, -0.05) is 89.5 Å². The minimum Gasteiger partial charge on any atom is -0.490 e. The second-order valence-corrected chi connectivity index (χ2v) is 11.3. The number of aryl methyl sites for hydroxylation is 1. The predicted molar refractivity (Wildman–Crippen MR) is 159 cm³/mol. The van der Waals surface area contributed by atoms with Crippen LogP contribution in [0.15, 0.2) is 48.6 Å². The van der Waals surface area contributed by atoms with E-state index in [1.807, 2.05) is 12.1 Å². The number of ether oxygens (including phenoxy) is 2. The Kier molecular flexibility index (Phi) is 14.2. The quantitative estimate of drug-likeness (QED) is 0.0844. The van der Waals surface area contributed by atoms with E-state index in [-0.39, 0.29) is 5.75 Å². The highest BCUT2D eigenvalue weighted by atomic mass is 19.2.